The highest BCUT2D eigenvalue weighted by molar-refractivity contribution is 7.90. The van der Waals surface area contributed by atoms with Gasteiger partial charge in [-0.3, -0.25) is 4.68 Å². The molecule has 1 aromatic heterocycles. The van der Waals surface area contributed by atoms with Crippen LogP contribution >= 0.6 is 0 Å². The van der Waals surface area contributed by atoms with Crippen LogP contribution < -0.4 is 5.32 Å². The van der Waals surface area contributed by atoms with Gasteiger partial charge in [0.1, 0.15) is 15.7 Å². The number of anilines is 1. The lowest BCUT2D eigenvalue weighted by Crippen LogP contribution is -2.12. The Bertz CT molecular complexity index is 759. The lowest BCUT2D eigenvalue weighted by molar-refractivity contribution is 0.506. The summed E-state index contributed by atoms with van der Waals surface area (Å²) in [6.45, 7) is 2.06. The smallest absolute Gasteiger partial charge is 0.159 e. The Morgan fingerprint density at radius 3 is 2.64 bits per heavy atom. The molecule has 1 heterocycles. The van der Waals surface area contributed by atoms with Crippen LogP contribution in [0.4, 0.5) is 14.6 Å². The normalized spacial score (nSPS) is 13.1. The Labute approximate surface area is 127 Å². The van der Waals surface area contributed by atoms with E-state index in [4.69, 9.17) is 0 Å². The summed E-state index contributed by atoms with van der Waals surface area (Å²) in [5, 5.41) is 7.24. The number of sulfone groups is 1. The van der Waals surface area contributed by atoms with Gasteiger partial charge in [0.25, 0.3) is 0 Å². The van der Waals surface area contributed by atoms with E-state index in [2.05, 4.69) is 10.4 Å². The average molecular weight is 329 g/mol. The van der Waals surface area contributed by atoms with Crippen LogP contribution in [0.3, 0.4) is 0 Å². The highest BCUT2D eigenvalue weighted by Gasteiger charge is 2.11. The van der Waals surface area contributed by atoms with Crippen LogP contribution in [0.25, 0.3) is 0 Å². The van der Waals surface area contributed by atoms with Crippen molar-refractivity contribution in [3.8, 4) is 0 Å². The van der Waals surface area contributed by atoms with Crippen molar-refractivity contribution in [3.63, 3.8) is 0 Å². The van der Waals surface area contributed by atoms with Crippen molar-refractivity contribution in [1.82, 2.24) is 9.78 Å². The molecule has 2 rings (SSSR count). The van der Waals surface area contributed by atoms with E-state index in [-0.39, 0.29) is 18.3 Å². The fourth-order valence-electron chi connectivity index (χ4n) is 1.91. The Balaban J connectivity index is 2.01. The van der Waals surface area contributed by atoms with Gasteiger partial charge in [-0.05, 0) is 24.6 Å². The molecule has 120 valence electrons. The molecular weight excluding hydrogens is 312 g/mol. The molecule has 0 aliphatic heterocycles. The van der Waals surface area contributed by atoms with Crippen LogP contribution in [-0.2, 0) is 16.4 Å². The predicted octanol–water partition coefficient (Wildman–Crippen LogP) is 2.38. The summed E-state index contributed by atoms with van der Waals surface area (Å²) in [7, 11) is -3.05. The van der Waals surface area contributed by atoms with Crippen LogP contribution in [0, 0.1) is 11.6 Å². The molecule has 1 atom stereocenters. The Kier molecular flexibility index (Phi) is 4.80. The van der Waals surface area contributed by atoms with Gasteiger partial charge in [-0.1, -0.05) is 6.07 Å². The van der Waals surface area contributed by atoms with Crippen molar-refractivity contribution in [1.29, 1.82) is 0 Å². The topological polar surface area (TPSA) is 64.0 Å². The van der Waals surface area contributed by atoms with E-state index >= 15 is 0 Å². The van der Waals surface area contributed by atoms with Gasteiger partial charge >= 0.3 is 0 Å². The number of aryl methyl sites for hydroxylation is 1. The Morgan fingerprint density at radius 1 is 1.27 bits per heavy atom. The number of aromatic nitrogens is 2. The number of halogens is 2. The third kappa shape index (κ3) is 4.52. The molecule has 0 amide bonds. The molecule has 1 N–H and O–H groups in total. The number of rotatable bonds is 6. The predicted molar refractivity (Wildman–Crippen MR) is 80.3 cm³/mol. The molecule has 0 spiro atoms. The molecule has 0 fully saturated rings. The molecule has 1 aromatic carbocycles. The van der Waals surface area contributed by atoms with Gasteiger partial charge in [0.05, 0.1) is 18.3 Å². The van der Waals surface area contributed by atoms with Crippen LogP contribution in [-0.4, -0.2) is 30.2 Å². The van der Waals surface area contributed by atoms with Crippen LogP contribution in [0.15, 0.2) is 30.5 Å². The number of nitrogens with one attached hydrogen (secondary N) is 1. The second-order valence-electron chi connectivity index (χ2n) is 5.13. The van der Waals surface area contributed by atoms with Gasteiger partial charge in [-0.15, -0.1) is 0 Å². The van der Waals surface area contributed by atoms with Gasteiger partial charge in [0, 0.05) is 18.5 Å². The third-order valence-electron chi connectivity index (χ3n) is 3.14. The summed E-state index contributed by atoms with van der Waals surface area (Å²) in [6, 6.07) is 5.13. The molecule has 1 unspecified atom stereocenters. The molecule has 2 aromatic rings. The molecule has 8 heteroatoms. The number of hydrogen-bond acceptors (Lipinski definition) is 4. The minimum absolute atomic E-state index is 0.00679. The molecule has 0 bridgehead atoms. The average Bonchev–Trinajstić information content (AvgIpc) is 2.86. The van der Waals surface area contributed by atoms with E-state index < -0.39 is 21.5 Å². The molecule has 0 saturated carbocycles. The summed E-state index contributed by atoms with van der Waals surface area (Å²) in [5.41, 5.74) is 0.588. The molecular formula is C14H17F2N3O2S. The highest BCUT2D eigenvalue weighted by Crippen LogP contribution is 2.19. The van der Waals surface area contributed by atoms with Crippen LogP contribution in [0.2, 0.25) is 0 Å². The monoisotopic (exact) mass is 329 g/mol. The van der Waals surface area contributed by atoms with Gasteiger partial charge < -0.3 is 5.32 Å². The van der Waals surface area contributed by atoms with E-state index in [0.717, 1.165) is 12.1 Å². The third-order valence-corrected chi connectivity index (χ3v) is 4.06. The summed E-state index contributed by atoms with van der Waals surface area (Å²) < 4.78 is 49.9. The van der Waals surface area contributed by atoms with E-state index in [1.54, 1.807) is 19.2 Å². The van der Waals surface area contributed by atoms with Gasteiger partial charge in [0.2, 0.25) is 0 Å². The van der Waals surface area contributed by atoms with E-state index in [9.17, 15) is 17.2 Å². The van der Waals surface area contributed by atoms with Crippen molar-refractivity contribution in [2.24, 2.45) is 0 Å². The van der Waals surface area contributed by atoms with Gasteiger partial charge in [0.15, 0.2) is 11.6 Å². The first-order chi connectivity index (χ1) is 10.2. The number of benzene rings is 1. The van der Waals surface area contributed by atoms with Crippen molar-refractivity contribution in [2.75, 3.05) is 17.3 Å². The SMILES string of the molecule is CC(Nc1ccn(CCS(C)(=O)=O)n1)c1ccc(F)c(F)c1. The first kappa shape index (κ1) is 16.4. The summed E-state index contributed by atoms with van der Waals surface area (Å²) in [5.74, 6) is -1.25. The Morgan fingerprint density at radius 2 is 2.00 bits per heavy atom. The molecule has 22 heavy (non-hydrogen) atoms. The van der Waals surface area contributed by atoms with Gasteiger partial charge in [-0.2, -0.15) is 5.10 Å². The fraction of sp³-hybridized carbons (Fsp3) is 0.357. The van der Waals surface area contributed by atoms with Crippen molar-refractivity contribution in [3.05, 3.63) is 47.7 Å². The van der Waals surface area contributed by atoms with Crippen LogP contribution in [0.5, 0.6) is 0 Å². The van der Waals surface area contributed by atoms with E-state index in [0.29, 0.717) is 11.4 Å². The molecule has 0 aliphatic rings. The second-order valence-corrected chi connectivity index (χ2v) is 7.39. The van der Waals surface area contributed by atoms with Crippen molar-refractivity contribution in [2.45, 2.75) is 19.5 Å². The van der Waals surface area contributed by atoms with Crippen LogP contribution in [0.1, 0.15) is 18.5 Å². The van der Waals surface area contributed by atoms with E-state index in [1.165, 1.54) is 17.0 Å². The molecule has 0 radical (unpaired) electrons. The molecule has 0 saturated heterocycles. The standard InChI is InChI=1S/C14H17F2N3O2S/c1-10(11-3-4-12(15)13(16)9-11)17-14-5-6-19(18-14)7-8-22(2,20)21/h3-6,9-10H,7-8H2,1-2H3,(H,17,18). The minimum atomic E-state index is -3.05. The maximum Gasteiger partial charge on any atom is 0.159 e. The largest absolute Gasteiger partial charge is 0.362 e. The van der Waals surface area contributed by atoms with Gasteiger partial charge in [-0.25, -0.2) is 17.2 Å². The maximum absolute atomic E-state index is 13.2. The van der Waals surface area contributed by atoms with Crippen molar-refractivity contribution < 1.29 is 17.2 Å². The molecule has 0 aliphatic carbocycles. The summed E-state index contributed by atoms with van der Waals surface area (Å²) >= 11 is 0. The second kappa shape index (κ2) is 6.43. The quantitative estimate of drug-likeness (QED) is 0.884. The number of hydrogen-bond donors (Lipinski definition) is 1. The fourth-order valence-corrected chi connectivity index (χ4v) is 2.43. The zero-order valence-corrected chi connectivity index (χ0v) is 13.1. The maximum atomic E-state index is 13.2. The molecule has 5 nitrogen and oxygen atoms in total. The highest BCUT2D eigenvalue weighted by atomic mass is 32.2. The zero-order valence-electron chi connectivity index (χ0n) is 12.3. The lowest BCUT2D eigenvalue weighted by Gasteiger charge is -2.13. The first-order valence-electron chi connectivity index (χ1n) is 6.67. The minimum Gasteiger partial charge on any atom is -0.362 e. The number of nitrogens with zero attached hydrogens (tertiary/aromatic N) is 2. The first-order valence-corrected chi connectivity index (χ1v) is 8.73. The van der Waals surface area contributed by atoms with Crippen molar-refractivity contribution >= 4 is 15.7 Å². The lowest BCUT2D eigenvalue weighted by atomic mass is 10.1. The summed E-state index contributed by atoms with van der Waals surface area (Å²) in [4.78, 5) is 0. The van der Waals surface area contributed by atoms with E-state index in [1.807, 2.05) is 0 Å². The Hall–Kier alpha value is -1.96. The summed E-state index contributed by atoms with van der Waals surface area (Å²) in [6.07, 6.45) is 2.83. The zero-order chi connectivity index (χ0) is 16.3.